The second-order valence-electron chi connectivity index (χ2n) is 4.39. The van der Waals surface area contributed by atoms with Gasteiger partial charge in [-0.1, -0.05) is 23.4 Å². The molecule has 0 saturated carbocycles. The first-order valence-electron chi connectivity index (χ1n) is 6.27. The summed E-state index contributed by atoms with van der Waals surface area (Å²) in [5, 5.41) is 5.13. The van der Waals surface area contributed by atoms with Crippen molar-refractivity contribution in [1.29, 1.82) is 0 Å². The summed E-state index contributed by atoms with van der Waals surface area (Å²) in [6.07, 6.45) is 3.42. The normalized spacial score (nSPS) is 12.5. The molecular weight excluding hydrogens is 308 g/mol. The van der Waals surface area contributed by atoms with E-state index in [1.165, 1.54) is 11.8 Å². The number of carbonyl (C=O) groups excluding carboxylic acids is 1. The number of carbonyl (C=O) groups is 1. The third kappa shape index (κ3) is 3.06. The molecule has 0 fully saturated rings. The second-order valence-corrected chi connectivity index (χ2v) is 6.13. The van der Waals surface area contributed by atoms with Gasteiger partial charge < -0.3 is 0 Å². The predicted molar refractivity (Wildman–Crippen MR) is 81.9 cm³/mol. The highest BCUT2D eigenvalue weighted by atomic mass is 35.5. The number of hydrogen-bond donors (Lipinski definition) is 0. The summed E-state index contributed by atoms with van der Waals surface area (Å²) in [5.74, 6) is 0.537. The molecule has 2 heterocycles. The standard InChI is InChI=1S/C14H11ClN4OS/c1-9(12(20)10-3-5-11(15)6-4-10)21-14-17-13-16-7-2-8-19(13)18-14/h2-9H,1H3/t9-/m0/s1. The van der Waals surface area contributed by atoms with Crippen LogP contribution in [-0.4, -0.2) is 30.6 Å². The molecule has 106 valence electrons. The van der Waals surface area contributed by atoms with Crippen LogP contribution < -0.4 is 0 Å². The molecule has 0 radical (unpaired) electrons. The molecule has 0 N–H and O–H groups in total. The van der Waals surface area contributed by atoms with E-state index >= 15 is 0 Å². The fourth-order valence-corrected chi connectivity index (χ4v) is 2.78. The molecule has 0 spiro atoms. The summed E-state index contributed by atoms with van der Waals surface area (Å²) >= 11 is 7.14. The van der Waals surface area contributed by atoms with Crippen molar-refractivity contribution in [1.82, 2.24) is 19.6 Å². The summed E-state index contributed by atoms with van der Waals surface area (Å²) in [7, 11) is 0. The zero-order valence-corrected chi connectivity index (χ0v) is 12.7. The molecule has 21 heavy (non-hydrogen) atoms. The van der Waals surface area contributed by atoms with E-state index in [2.05, 4.69) is 15.1 Å². The van der Waals surface area contributed by atoms with Crippen molar-refractivity contribution in [2.24, 2.45) is 0 Å². The van der Waals surface area contributed by atoms with E-state index in [1.807, 2.05) is 6.92 Å². The molecule has 1 aromatic carbocycles. The lowest BCUT2D eigenvalue weighted by Crippen LogP contribution is -2.13. The highest BCUT2D eigenvalue weighted by Crippen LogP contribution is 2.23. The zero-order chi connectivity index (χ0) is 14.8. The van der Waals surface area contributed by atoms with Crippen LogP contribution in [0.4, 0.5) is 0 Å². The maximum absolute atomic E-state index is 12.3. The minimum atomic E-state index is -0.288. The van der Waals surface area contributed by atoms with E-state index in [1.54, 1.807) is 47.2 Å². The minimum Gasteiger partial charge on any atom is -0.293 e. The fraction of sp³-hybridized carbons (Fsp3) is 0.143. The van der Waals surface area contributed by atoms with Gasteiger partial charge in [-0.05, 0) is 37.3 Å². The van der Waals surface area contributed by atoms with Crippen molar-refractivity contribution in [3.63, 3.8) is 0 Å². The Bertz CT molecular complexity index is 754. The van der Waals surface area contributed by atoms with E-state index < -0.39 is 0 Å². The average molecular weight is 319 g/mol. The lowest BCUT2D eigenvalue weighted by atomic mass is 10.1. The van der Waals surface area contributed by atoms with Crippen LogP contribution in [0.25, 0.3) is 5.78 Å². The molecule has 3 aromatic rings. The van der Waals surface area contributed by atoms with Crippen LogP contribution in [0.5, 0.6) is 0 Å². The van der Waals surface area contributed by atoms with Crippen molar-refractivity contribution in [2.45, 2.75) is 17.3 Å². The molecule has 0 amide bonds. The molecule has 0 aliphatic heterocycles. The van der Waals surface area contributed by atoms with Crippen molar-refractivity contribution >= 4 is 34.9 Å². The quantitative estimate of drug-likeness (QED) is 0.546. The van der Waals surface area contributed by atoms with Crippen LogP contribution >= 0.6 is 23.4 Å². The first-order valence-corrected chi connectivity index (χ1v) is 7.53. The van der Waals surface area contributed by atoms with Gasteiger partial charge in [0.25, 0.3) is 5.78 Å². The lowest BCUT2D eigenvalue weighted by molar-refractivity contribution is 0.0994. The van der Waals surface area contributed by atoms with Gasteiger partial charge in [-0.3, -0.25) is 4.79 Å². The van der Waals surface area contributed by atoms with Crippen LogP contribution in [-0.2, 0) is 0 Å². The Kier molecular flexibility index (Phi) is 3.90. The molecule has 2 aromatic heterocycles. The fourth-order valence-electron chi connectivity index (χ4n) is 1.82. The first kappa shape index (κ1) is 14.0. The Balaban J connectivity index is 1.77. The molecule has 5 nitrogen and oxygen atoms in total. The predicted octanol–water partition coefficient (Wildman–Crippen LogP) is 3.14. The third-order valence-corrected chi connectivity index (χ3v) is 4.08. The number of rotatable bonds is 4. The number of Topliss-reactive ketones (excluding diaryl/α,β-unsaturated/α-hetero) is 1. The maximum atomic E-state index is 12.3. The minimum absolute atomic E-state index is 0.0171. The number of nitrogens with zero attached hydrogens (tertiary/aromatic N) is 4. The molecule has 0 bridgehead atoms. The Hall–Kier alpha value is -1.92. The molecule has 0 aliphatic rings. The van der Waals surface area contributed by atoms with E-state index in [9.17, 15) is 4.79 Å². The highest BCUT2D eigenvalue weighted by molar-refractivity contribution is 8.00. The van der Waals surface area contributed by atoms with Crippen LogP contribution in [0.1, 0.15) is 17.3 Å². The summed E-state index contributed by atoms with van der Waals surface area (Å²) in [6.45, 7) is 1.83. The van der Waals surface area contributed by atoms with E-state index in [-0.39, 0.29) is 11.0 Å². The Morgan fingerprint density at radius 1 is 1.33 bits per heavy atom. The summed E-state index contributed by atoms with van der Waals surface area (Å²) in [6, 6.07) is 8.64. The van der Waals surface area contributed by atoms with Crippen LogP contribution in [0.2, 0.25) is 5.02 Å². The zero-order valence-electron chi connectivity index (χ0n) is 11.1. The number of halogens is 1. The van der Waals surface area contributed by atoms with Gasteiger partial charge in [-0.15, -0.1) is 5.10 Å². The number of thioether (sulfide) groups is 1. The number of aromatic nitrogens is 4. The molecular formula is C14H11ClN4OS. The number of ketones is 1. The third-order valence-electron chi connectivity index (χ3n) is 2.88. The van der Waals surface area contributed by atoms with Crippen LogP contribution in [0.3, 0.4) is 0 Å². The van der Waals surface area contributed by atoms with Gasteiger partial charge in [0.05, 0.1) is 5.25 Å². The summed E-state index contributed by atoms with van der Waals surface area (Å²) in [4.78, 5) is 20.7. The SMILES string of the molecule is C[C@H](Sc1nc2ncccn2n1)C(=O)c1ccc(Cl)cc1. The topological polar surface area (TPSA) is 60.1 Å². The van der Waals surface area contributed by atoms with E-state index in [4.69, 9.17) is 11.6 Å². The van der Waals surface area contributed by atoms with Crippen molar-refractivity contribution in [3.05, 3.63) is 53.3 Å². The largest absolute Gasteiger partial charge is 0.293 e. The van der Waals surface area contributed by atoms with Gasteiger partial charge >= 0.3 is 0 Å². The van der Waals surface area contributed by atoms with E-state index in [0.29, 0.717) is 21.5 Å². The van der Waals surface area contributed by atoms with Gasteiger partial charge in [-0.2, -0.15) is 4.98 Å². The van der Waals surface area contributed by atoms with Gasteiger partial charge in [-0.25, -0.2) is 9.50 Å². The Morgan fingerprint density at radius 3 is 2.81 bits per heavy atom. The first-order chi connectivity index (χ1) is 10.1. The van der Waals surface area contributed by atoms with Crippen LogP contribution in [0, 0.1) is 0 Å². The second kappa shape index (κ2) is 5.83. The van der Waals surface area contributed by atoms with Gasteiger partial charge in [0.15, 0.2) is 5.78 Å². The number of benzene rings is 1. The average Bonchev–Trinajstić information content (AvgIpc) is 2.89. The molecule has 7 heteroatoms. The molecule has 0 aliphatic carbocycles. The van der Waals surface area contributed by atoms with Gasteiger partial charge in [0.2, 0.25) is 5.16 Å². The monoisotopic (exact) mass is 318 g/mol. The highest BCUT2D eigenvalue weighted by Gasteiger charge is 2.19. The summed E-state index contributed by atoms with van der Waals surface area (Å²) in [5.41, 5.74) is 0.626. The Morgan fingerprint density at radius 2 is 2.10 bits per heavy atom. The lowest BCUT2D eigenvalue weighted by Gasteiger charge is -2.07. The number of fused-ring (bicyclic) bond motifs is 1. The smallest absolute Gasteiger partial charge is 0.253 e. The van der Waals surface area contributed by atoms with Crippen molar-refractivity contribution < 1.29 is 4.79 Å². The summed E-state index contributed by atoms with van der Waals surface area (Å²) < 4.78 is 1.59. The van der Waals surface area contributed by atoms with Crippen molar-refractivity contribution in [2.75, 3.05) is 0 Å². The van der Waals surface area contributed by atoms with Crippen molar-refractivity contribution in [3.8, 4) is 0 Å². The molecule has 0 saturated heterocycles. The molecule has 1 atom stereocenters. The molecule has 0 unspecified atom stereocenters. The maximum Gasteiger partial charge on any atom is 0.253 e. The Labute approximate surface area is 130 Å². The molecule has 3 rings (SSSR count). The van der Waals surface area contributed by atoms with Gasteiger partial charge in [0, 0.05) is 23.0 Å². The number of hydrogen-bond acceptors (Lipinski definition) is 5. The van der Waals surface area contributed by atoms with Gasteiger partial charge in [0.1, 0.15) is 0 Å². The van der Waals surface area contributed by atoms with E-state index in [0.717, 1.165) is 0 Å². The van der Waals surface area contributed by atoms with Crippen LogP contribution in [0.15, 0.2) is 47.9 Å².